The number of methoxy groups -OCH3 is 1. The predicted octanol–water partition coefficient (Wildman–Crippen LogP) is 3.81. The van der Waals surface area contributed by atoms with Gasteiger partial charge in [-0.25, -0.2) is 4.79 Å². The lowest BCUT2D eigenvalue weighted by Crippen LogP contribution is -2.27. The van der Waals surface area contributed by atoms with Crippen molar-refractivity contribution in [3.05, 3.63) is 53.6 Å². The van der Waals surface area contributed by atoms with E-state index in [1.165, 1.54) is 32.2 Å². The van der Waals surface area contributed by atoms with Gasteiger partial charge in [0.05, 0.1) is 7.11 Å². The summed E-state index contributed by atoms with van der Waals surface area (Å²) in [6.07, 6.45) is -1.06. The minimum Gasteiger partial charge on any atom is -0.507 e. The lowest BCUT2D eigenvalue weighted by molar-refractivity contribution is -0.123. The van der Waals surface area contributed by atoms with Gasteiger partial charge in [0.2, 0.25) is 11.7 Å². The molecule has 2 aromatic carbocycles. The summed E-state index contributed by atoms with van der Waals surface area (Å²) in [5.41, 5.74) is 0.294. The Labute approximate surface area is 169 Å². The summed E-state index contributed by atoms with van der Waals surface area (Å²) in [7, 11) is 1.44. The van der Waals surface area contributed by atoms with E-state index in [1.807, 2.05) is 0 Å². The van der Waals surface area contributed by atoms with E-state index in [0.29, 0.717) is 17.0 Å². The largest absolute Gasteiger partial charge is 0.507 e. The van der Waals surface area contributed by atoms with Crippen molar-refractivity contribution in [1.82, 2.24) is 0 Å². The Morgan fingerprint density at radius 3 is 2.17 bits per heavy atom. The first-order valence-electron chi connectivity index (χ1n) is 9.06. The van der Waals surface area contributed by atoms with E-state index in [1.54, 1.807) is 45.0 Å². The van der Waals surface area contributed by atoms with Crippen LogP contribution in [0.4, 0.5) is 5.69 Å². The maximum Gasteiger partial charge on any atom is 0.342 e. The summed E-state index contributed by atoms with van der Waals surface area (Å²) >= 11 is 0. The zero-order valence-corrected chi connectivity index (χ0v) is 17.1. The van der Waals surface area contributed by atoms with Gasteiger partial charge < -0.3 is 19.9 Å². The highest BCUT2D eigenvalue weighted by Crippen LogP contribution is 2.25. The zero-order valence-electron chi connectivity index (χ0n) is 17.1. The van der Waals surface area contributed by atoms with Gasteiger partial charge in [-0.1, -0.05) is 20.8 Å². The Morgan fingerprint density at radius 2 is 1.66 bits per heavy atom. The quantitative estimate of drug-likeness (QED) is 0.566. The number of rotatable bonds is 6. The Morgan fingerprint density at radius 1 is 1.03 bits per heavy atom. The standard InChI is InChI=1S/C22H25NO6/c1-13(29-20(26)17-11-10-16(28-5)12-18(17)24)19(25)14-6-8-15(9-7-14)23-21(27)22(2,3)4/h6-13,24H,1-5H3,(H,23,27)/t13-/m0/s1. The third-order valence-corrected chi connectivity index (χ3v) is 4.19. The molecular weight excluding hydrogens is 374 g/mol. The Balaban J connectivity index is 2.04. The number of aromatic hydroxyl groups is 1. The zero-order chi connectivity index (χ0) is 21.8. The molecule has 0 heterocycles. The molecule has 0 fully saturated rings. The molecule has 0 saturated carbocycles. The molecule has 0 radical (unpaired) electrons. The molecule has 2 aromatic rings. The Bertz CT molecular complexity index is 912. The van der Waals surface area contributed by atoms with E-state index in [9.17, 15) is 19.5 Å². The van der Waals surface area contributed by atoms with E-state index in [2.05, 4.69) is 5.32 Å². The second-order valence-electron chi connectivity index (χ2n) is 7.58. The van der Waals surface area contributed by atoms with Gasteiger partial charge in [-0.3, -0.25) is 9.59 Å². The number of amides is 1. The minimum atomic E-state index is -1.06. The third-order valence-electron chi connectivity index (χ3n) is 4.19. The maximum absolute atomic E-state index is 12.5. The molecule has 29 heavy (non-hydrogen) atoms. The maximum atomic E-state index is 12.5. The van der Waals surface area contributed by atoms with Gasteiger partial charge in [0.25, 0.3) is 0 Å². The van der Waals surface area contributed by atoms with Crippen LogP contribution in [-0.2, 0) is 9.53 Å². The molecule has 0 aliphatic carbocycles. The number of ether oxygens (including phenoxy) is 2. The van der Waals surface area contributed by atoms with Crippen LogP contribution in [0.15, 0.2) is 42.5 Å². The van der Waals surface area contributed by atoms with Crippen molar-refractivity contribution in [2.45, 2.75) is 33.8 Å². The van der Waals surface area contributed by atoms with Crippen molar-refractivity contribution in [2.75, 3.05) is 12.4 Å². The average molecular weight is 399 g/mol. The molecule has 7 heteroatoms. The number of Topliss-reactive ketones (excluding diaryl/α,β-unsaturated/α-hetero) is 1. The number of ketones is 1. The van der Waals surface area contributed by atoms with E-state index in [-0.39, 0.29) is 17.2 Å². The van der Waals surface area contributed by atoms with Gasteiger partial charge in [-0.05, 0) is 43.3 Å². The van der Waals surface area contributed by atoms with E-state index in [0.717, 1.165) is 0 Å². The predicted molar refractivity (Wildman–Crippen MR) is 108 cm³/mol. The highest BCUT2D eigenvalue weighted by Gasteiger charge is 2.23. The molecule has 0 aromatic heterocycles. The fourth-order valence-electron chi connectivity index (χ4n) is 2.36. The van der Waals surface area contributed by atoms with Crippen LogP contribution in [0.1, 0.15) is 48.4 Å². The van der Waals surface area contributed by atoms with Crippen molar-refractivity contribution in [3.8, 4) is 11.5 Å². The summed E-state index contributed by atoms with van der Waals surface area (Å²) in [6.45, 7) is 6.86. The molecule has 2 N–H and O–H groups in total. The number of anilines is 1. The van der Waals surface area contributed by atoms with E-state index in [4.69, 9.17) is 9.47 Å². The van der Waals surface area contributed by atoms with Crippen molar-refractivity contribution in [2.24, 2.45) is 5.41 Å². The molecule has 0 aliphatic heterocycles. The number of esters is 1. The van der Waals surface area contributed by atoms with Gasteiger partial charge >= 0.3 is 5.97 Å². The lowest BCUT2D eigenvalue weighted by atomic mass is 9.95. The molecule has 0 saturated heterocycles. The fraction of sp³-hybridized carbons (Fsp3) is 0.318. The molecule has 1 atom stereocenters. The molecule has 0 aliphatic rings. The van der Waals surface area contributed by atoms with E-state index >= 15 is 0 Å². The van der Waals surface area contributed by atoms with Crippen LogP contribution in [0.2, 0.25) is 0 Å². The number of benzene rings is 2. The smallest absolute Gasteiger partial charge is 0.342 e. The topological polar surface area (TPSA) is 102 Å². The Kier molecular flexibility index (Phi) is 6.64. The number of phenols is 1. The highest BCUT2D eigenvalue weighted by molar-refractivity contribution is 6.02. The highest BCUT2D eigenvalue weighted by atomic mass is 16.5. The molecular formula is C22H25NO6. The second kappa shape index (κ2) is 8.77. The summed E-state index contributed by atoms with van der Waals surface area (Å²) in [6, 6.07) is 10.5. The lowest BCUT2D eigenvalue weighted by Gasteiger charge is -2.18. The fourth-order valence-corrected chi connectivity index (χ4v) is 2.36. The number of hydrogen-bond donors (Lipinski definition) is 2. The van der Waals surface area contributed by atoms with E-state index < -0.39 is 23.3 Å². The molecule has 1 amide bonds. The number of hydrogen-bond acceptors (Lipinski definition) is 6. The van der Waals surface area contributed by atoms with Crippen molar-refractivity contribution in [1.29, 1.82) is 0 Å². The van der Waals surface area contributed by atoms with Gasteiger partial charge in [-0.2, -0.15) is 0 Å². The first-order valence-corrected chi connectivity index (χ1v) is 9.06. The third kappa shape index (κ3) is 5.57. The molecule has 0 unspecified atom stereocenters. The van der Waals surface area contributed by atoms with Crippen LogP contribution in [0.5, 0.6) is 11.5 Å². The van der Waals surface area contributed by atoms with Crippen molar-refractivity contribution in [3.63, 3.8) is 0 Å². The van der Waals surface area contributed by atoms with Gasteiger partial charge in [0.1, 0.15) is 17.1 Å². The molecule has 0 spiro atoms. The molecule has 0 bridgehead atoms. The number of carbonyl (C=O) groups excluding carboxylic acids is 3. The first kappa shape index (κ1) is 21.9. The SMILES string of the molecule is COc1ccc(C(=O)O[C@@H](C)C(=O)c2ccc(NC(=O)C(C)(C)C)cc2)c(O)c1. The van der Waals surface area contributed by atoms with Gasteiger partial charge in [0.15, 0.2) is 6.10 Å². The van der Waals surface area contributed by atoms with Crippen LogP contribution >= 0.6 is 0 Å². The average Bonchev–Trinajstić information content (AvgIpc) is 2.66. The normalized spacial score (nSPS) is 12.0. The molecule has 154 valence electrons. The van der Waals surface area contributed by atoms with Crippen LogP contribution in [0, 0.1) is 5.41 Å². The van der Waals surface area contributed by atoms with Crippen LogP contribution in [-0.4, -0.2) is 36.0 Å². The van der Waals surface area contributed by atoms with Crippen LogP contribution in [0.25, 0.3) is 0 Å². The second-order valence-corrected chi connectivity index (χ2v) is 7.58. The Hall–Kier alpha value is -3.35. The van der Waals surface area contributed by atoms with Crippen molar-refractivity contribution < 1.29 is 29.0 Å². The molecule has 2 rings (SSSR count). The number of nitrogens with one attached hydrogen (secondary N) is 1. The van der Waals surface area contributed by atoms with Gasteiger partial charge in [0, 0.05) is 22.7 Å². The van der Waals surface area contributed by atoms with Crippen LogP contribution < -0.4 is 10.1 Å². The summed E-state index contributed by atoms with van der Waals surface area (Å²) in [4.78, 5) is 36.8. The molecule has 7 nitrogen and oxygen atoms in total. The monoisotopic (exact) mass is 399 g/mol. The first-order chi connectivity index (χ1) is 13.5. The summed E-state index contributed by atoms with van der Waals surface area (Å²) in [5, 5.41) is 12.7. The number of phenolic OH excluding ortho intramolecular Hbond substituents is 1. The van der Waals surface area contributed by atoms with Crippen LogP contribution in [0.3, 0.4) is 0 Å². The van der Waals surface area contributed by atoms with Crippen molar-refractivity contribution >= 4 is 23.3 Å². The minimum absolute atomic E-state index is 0.0642. The van der Waals surface area contributed by atoms with Gasteiger partial charge in [-0.15, -0.1) is 0 Å². The summed E-state index contributed by atoms with van der Waals surface area (Å²) in [5.74, 6) is -1.27. The number of carbonyl (C=O) groups is 3. The summed E-state index contributed by atoms with van der Waals surface area (Å²) < 4.78 is 10.2.